The second-order valence-corrected chi connectivity index (χ2v) is 5.03. The van der Waals surface area contributed by atoms with Gasteiger partial charge in [-0.15, -0.1) is 0 Å². The molecule has 0 saturated carbocycles. The minimum atomic E-state index is 0.565. The van der Waals surface area contributed by atoms with Gasteiger partial charge >= 0.3 is 0 Å². The minimum Gasteiger partial charge on any atom is -0.378 e. The lowest BCUT2D eigenvalue weighted by Gasteiger charge is -2.27. The highest BCUT2D eigenvalue weighted by Crippen LogP contribution is 2.10. The third kappa shape index (κ3) is 3.32. The Morgan fingerprint density at radius 2 is 1.81 bits per heavy atom. The Balaban J connectivity index is 1.81. The summed E-state index contributed by atoms with van der Waals surface area (Å²) in [6, 6.07) is 9.51. The highest BCUT2D eigenvalue weighted by Gasteiger charge is 2.16. The number of hydrogen-bond acceptors (Lipinski definition) is 2. The van der Waals surface area contributed by atoms with E-state index in [2.05, 4.69) is 43.4 Å². The minimum absolute atomic E-state index is 0.565. The van der Waals surface area contributed by atoms with Crippen LogP contribution in [-0.2, 0) is 17.7 Å². The highest BCUT2D eigenvalue weighted by atomic mass is 16.5. The first-order valence-corrected chi connectivity index (χ1v) is 6.13. The van der Waals surface area contributed by atoms with Crippen molar-refractivity contribution >= 4 is 0 Å². The van der Waals surface area contributed by atoms with Gasteiger partial charge in [0.25, 0.3) is 0 Å². The molecular weight excluding hydrogens is 198 g/mol. The number of hydrogen-bond donors (Lipinski definition) is 1. The predicted molar refractivity (Wildman–Crippen MR) is 66.4 cm³/mol. The molecule has 1 aliphatic rings. The summed E-state index contributed by atoms with van der Waals surface area (Å²) in [7, 11) is 0. The van der Waals surface area contributed by atoms with E-state index in [-0.39, 0.29) is 0 Å². The SMILES string of the molecule is CC(C)Cc1ccc(CNC2COC2)cc1. The van der Waals surface area contributed by atoms with Crippen LogP contribution in [0.3, 0.4) is 0 Å². The lowest BCUT2D eigenvalue weighted by Crippen LogP contribution is -2.45. The Bertz CT molecular complexity index is 314. The molecule has 2 rings (SSSR count). The molecule has 0 bridgehead atoms. The molecule has 16 heavy (non-hydrogen) atoms. The average Bonchev–Trinajstić information content (AvgIpc) is 2.17. The van der Waals surface area contributed by atoms with Crippen molar-refractivity contribution in [3.05, 3.63) is 35.4 Å². The van der Waals surface area contributed by atoms with Crippen LogP contribution in [0, 0.1) is 5.92 Å². The Hall–Kier alpha value is -0.860. The summed E-state index contributed by atoms with van der Waals surface area (Å²) in [6.45, 7) is 7.20. The fourth-order valence-electron chi connectivity index (χ4n) is 1.88. The molecule has 1 fully saturated rings. The van der Waals surface area contributed by atoms with Crippen molar-refractivity contribution in [3.8, 4) is 0 Å². The molecule has 2 heteroatoms. The van der Waals surface area contributed by atoms with Crippen molar-refractivity contribution in [2.24, 2.45) is 5.92 Å². The van der Waals surface area contributed by atoms with Gasteiger partial charge < -0.3 is 10.1 Å². The van der Waals surface area contributed by atoms with E-state index < -0.39 is 0 Å². The normalized spacial score (nSPS) is 16.4. The lowest BCUT2D eigenvalue weighted by molar-refractivity contribution is -0.00578. The molecule has 1 saturated heterocycles. The largest absolute Gasteiger partial charge is 0.378 e. The van der Waals surface area contributed by atoms with Crippen LogP contribution in [0.4, 0.5) is 0 Å². The standard InChI is InChI=1S/C14H21NO/c1-11(2)7-12-3-5-13(6-4-12)8-15-14-9-16-10-14/h3-6,11,14-15H,7-10H2,1-2H3. The Morgan fingerprint density at radius 1 is 1.19 bits per heavy atom. The van der Waals surface area contributed by atoms with Crippen LogP contribution in [-0.4, -0.2) is 19.3 Å². The van der Waals surface area contributed by atoms with E-state index in [9.17, 15) is 0 Å². The fraction of sp³-hybridized carbons (Fsp3) is 0.571. The van der Waals surface area contributed by atoms with Crippen molar-refractivity contribution in [1.29, 1.82) is 0 Å². The predicted octanol–water partition coefficient (Wildman–Crippen LogP) is 2.37. The third-order valence-corrected chi connectivity index (χ3v) is 2.90. The average molecular weight is 219 g/mol. The lowest BCUT2D eigenvalue weighted by atomic mass is 10.0. The molecule has 2 nitrogen and oxygen atoms in total. The van der Waals surface area contributed by atoms with Crippen LogP contribution >= 0.6 is 0 Å². The van der Waals surface area contributed by atoms with Gasteiger partial charge in [-0.3, -0.25) is 0 Å². The van der Waals surface area contributed by atoms with Gasteiger partial charge in [0.2, 0.25) is 0 Å². The first kappa shape index (κ1) is 11.6. The molecular formula is C14H21NO. The highest BCUT2D eigenvalue weighted by molar-refractivity contribution is 5.22. The molecule has 0 spiro atoms. The van der Waals surface area contributed by atoms with Gasteiger partial charge in [-0.2, -0.15) is 0 Å². The van der Waals surface area contributed by atoms with Gasteiger partial charge in [-0.25, -0.2) is 0 Å². The molecule has 1 aromatic carbocycles. The van der Waals surface area contributed by atoms with Gasteiger partial charge in [0, 0.05) is 6.54 Å². The van der Waals surface area contributed by atoms with Gasteiger partial charge in [0.05, 0.1) is 19.3 Å². The van der Waals surface area contributed by atoms with E-state index >= 15 is 0 Å². The zero-order chi connectivity index (χ0) is 11.4. The summed E-state index contributed by atoms with van der Waals surface area (Å²) in [4.78, 5) is 0. The number of rotatable bonds is 5. The first-order valence-electron chi connectivity index (χ1n) is 6.13. The maximum absolute atomic E-state index is 5.12. The van der Waals surface area contributed by atoms with E-state index in [0.717, 1.165) is 25.7 Å². The maximum atomic E-state index is 5.12. The molecule has 0 aliphatic carbocycles. The number of ether oxygens (including phenoxy) is 1. The zero-order valence-corrected chi connectivity index (χ0v) is 10.2. The molecule has 0 aromatic heterocycles. The van der Waals surface area contributed by atoms with Crippen LogP contribution in [0.2, 0.25) is 0 Å². The van der Waals surface area contributed by atoms with E-state index in [0.29, 0.717) is 6.04 Å². The van der Waals surface area contributed by atoms with E-state index in [1.54, 1.807) is 0 Å². The van der Waals surface area contributed by atoms with Crippen molar-refractivity contribution < 1.29 is 4.74 Å². The molecule has 1 heterocycles. The Kier molecular flexibility index (Phi) is 3.97. The van der Waals surface area contributed by atoms with Crippen molar-refractivity contribution in [1.82, 2.24) is 5.32 Å². The molecule has 0 amide bonds. The van der Waals surface area contributed by atoms with Crippen molar-refractivity contribution in [2.45, 2.75) is 32.9 Å². The smallest absolute Gasteiger partial charge is 0.0643 e. The summed E-state index contributed by atoms with van der Waals surface area (Å²) in [6.07, 6.45) is 1.17. The molecule has 88 valence electrons. The topological polar surface area (TPSA) is 21.3 Å². The quantitative estimate of drug-likeness (QED) is 0.821. The van der Waals surface area contributed by atoms with Crippen LogP contribution < -0.4 is 5.32 Å². The van der Waals surface area contributed by atoms with Crippen LogP contribution in [0.25, 0.3) is 0 Å². The summed E-state index contributed by atoms with van der Waals surface area (Å²) in [5, 5.41) is 3.47. The van der Waals surface area contributed by atoms with Gasteiger partial charge in [0.1, 0.15) is 0 Å². The Morgan fingerprint density at radius 3 is 2.31 bits per heavy atom. The molecule has 0 atom stereocenters. The number of benzene rings is 1. The molecule has 0 unspecified atom stereocenters. The van der Waals surface area contributed by atoms with Crippen LogP contribution in [0.5, 0.6) is 0 Å². The van der Waals surface area contributed by atoms with Crippen LogP contribution in [0.1, 0.15) is 25.0 Å². The first-order chi connectivity index (χ1) is 7.74. The molecule has 1 aliphatic heterocycles. The fourth-order valence-corrected chi connectivity index (χ4v) is 1.88. The summed E-state index contributed by atoms with van der Waals surface area (Å²) in [5.74, 6) is 0.733. The number of nitrogens with one attached hydrogen (secondary N) is 1. The van der Waals surface area contributed by atoms with E-state index in [4.69, 9.17) is 4.74 Å². The monoisotopic (exact) mass is 219 g/mol. The second-order valence-electron chi connectivity index (χ2n) is 5.03. The van der Waals surface area contributed by atoms with Gasteiger partial charge in [-0.1, -0.05) is 38.1 Å². The van der Waals surface area contributed by atoms with E-state index in [1.807, 2.05) is 0 Å². The van der Waals surface area contributed by atoms with E-state index in [1.165, 1.54) is 17.5 Å². The van der Waals surface area contributed by atoms with Crippen molar-refractivity contribution in [3.63, 3.8) is 0 Å². The maximum Gasteiger partial charge on any atom is 0.0643 e. The van der Waals surface area contributed by atoms with Crippen molar-refractivity contribution in [2.75, 3.05) is 13.2 Å². The summed E-state index contributed by atoms with van der Waals surface area (Å²) in [5.41, 5.74) is 2.80. The Labute approximate surface area is 98.0 Å². The molecule has 1 N–H and O–H groups in total. The second kappa shape index (κ2) is 5.46. The van der Waals surface area contributed by atoms with Gasteiger partial charge in [0.15, 0.2) is 0 Å². The van der Waals surface area contributed by atoms with Crippen LogP contribution in [0.15, 0.2) is 24.3 Å². The molecule has 0 radical (unpaired) electrons. The molecule has 1 aromatic rings. The third-order valence-electron chi connectivity index (χ3n) is 2.90. The summed E-state index contributed by atoms with van der Waals surface area (Å²) < 4.78 is 5.12. The zero-order valence-electron chi connectivity index (χ0n) is 10.2. The summed E-state index contributed by atoms with van der Waals surface area (Å²) >= 11 is 0. The van der Waals surface area contributed by atoms with Gasteiger partial charge in [-0.05, 0) is 23.5 Å².